The van der Waals surface area contributed by atoms with E-state index in [0.29, 0.717) is 0 Å². The number of allylic oxidation sites excluding steroid dienone is 7. The lowest BCUT2D eigenvalue weighted by atomic mass is 9.94. The number of aryl methyl sites for hydroxylation is 1. The lowest BCUT2D eigenvalue weighted by Crippen LogP contribution is -2.18. The maximum Gasteiger partial charge on any atom is 0.0561 e. The normalized spacial score (nSPS) is 13.1. The summed E-state index contributed by atoms with van der Waals surface area (Å²) in [6.45, 7) is 6.08. The largest absolute Gasteiger partial charge is 0.314 e. The summed E-state index contributed by atoms with van der Waals surface area (Å²) in [6.07, 6.45) is 14.5. The van der Waals surface area contributed by atoms with Crippen molar-refractivity contribution in [2.24, 2.45) is 0 Å². The third-order valence-electron chi connectivity index (χ3n) is 16.6. The van der Waals surface area contributed by atoms with E-state index in [-0.39, 0.29) is 0 Å². The minimum absolute atomic E-state index is 0.939. The molecule has 4 heteroatoms. The van der Waals surface area contributed by atoms with Gasteiger partial charge in [0.1, 0.15) is 0 Å². The van der Waals surface area contributed by atoms with Crippen LogP contribution in [0.2, 0.25) is 0 Å². The highest BCUT2D eigenvalue weighted by Crippen LogP contribution is 2.48. The van der Waals surface area contributed by atoms with Crippen LogP contribution in [-0.4, -0.2) is 4.57 Å². The van der Waals surface area contributed by atoms with E-state index in [9.17, 15) is 0 Å². The van der Waals surface area contributed by atoms with Gasteiger partial charge in [0, 0.05) is 67.7 Å². The highest BCUT2D eigenvalue weighted by molar-refractivity contribution is 6.12. The van der Waals surface area contributed by atoms with E-state index < -0.39 is 0 Å². The van der Waals surface area contributed by atoms with E-state index >= 15 is 0 Å². The van der Waals surface area contributed by atoms with Gasteiger partial charge in [-0.15, -0.1) is 0 Å². The van der Waals surface area contributed by atoms with Crippen LogP contribution in [0.5, 0.6) is 0 Å². The third kappa shape index (κ3) is 11.3. The maximum atomic E-state index is 2.52. The molecule has 86 heavy (non-hydrogen) atoms. The predicted octanol–water partition coefficient (Wildman–Crippen LogP) is 22.8. The molecule has 0 aliphatic heterocycles. The fraction of sp³-hybridized carbons (Fsp3) is 0.0976. The van der Waals surface area contributed by atoms with E-state index in [1.165, 1.54) is 83.6 Å². The van der Waals surface area contributed by atoms with Gasteiger partial charge in [0.15, 0.2) is 0 Å². The van der Waals surface area contributed by atoms with Crippen LogP contribution in [0, 0.1) is 6.92 Å². The Bertz CT molecular complexity index is 4330. The Morgan fingerprint density at radius 2 is 0.872 bits per heavy atom. The topological polar surface area (TPSA) is 14.7 Å². The van der Waals surface area contributed by atoms with Crippen LogP contribution < -0.4 is 14.7 Å². The van der Waals surface area contributed by atoms with Crippen LogP contribution in [0.15, 0.2) is 326 Å². The van der Waals surface area contributed by atoms with Crippen molar-refractivity contribution in [1.29, 1.82) is 0 Å². The summed E-state index contributed by atoms with van der Waals surface area (Å²) < 4.78 is 2.50. The van der Waals surface area contributed by atoms with Gasteiger partial charge in [-0.05, 0) is 199 Å². The zero-order chi connectivity index (χ0) is 58.2. The van der Waals surface area contributed by atoms with Crippen molar-refractivity contribution in [2.75, 3.05) is 14.7 Å². The molecule has 418 valence electrons. The van der Waals surface area contributed by atoms with Crippen molar-refractivity contribution >= 4 is 67.2 Å². The first kappa shape index (κ1) is 54.8. The SMILES string of the molecule is C1=CC(N(c2ccccc2)c2ccc3c(c2)C2=C(CCC(N(c4ccccc4)c4ccc5c(c4)c4ccc(N(c6ccccc6)c6ccccc6)cc4n5-c4cc(-c5ccccc5)cc(-c5ccccc5)c4)=C2)C3)=CCC1.CC.Cc1ccccc1. The summed E-state index contributed by atoms with van der Waals surface area (Å²) in [5.74, 6) is 0. The molecular formula is C82H70N4. The summed E-state index contributed by atoms with van der Waals surface area (Å²) >= 11 is 0. The summed E-state index contributed by atoms with van der Waals surface area (Å²) in [7, 11) is 0. The predicted molar refractivity (Wildman–Crippen MR) is 367 cm³/mol. The minimum Gasteiger partial charge on any atom is -0.314 e. The molecule has 3 aliphatic carbocycles. The summed E-state index contributed by atoms with van der Waals surface area (Å²) in [4.78, 5) is 7.31. The minimum atomic E-state index is 0.939. The summed E-state index contributed by atoms with van der Waals surface area (Å²) in [6, 6.07) is 104. The van der Waals surface area contributed by atoms with Crippen molar-refractivity contribution in [3.8, 4) is 27.9 Å². The van der Waals surface area contributed by atoms with Gasteiger partial charge in [0.05, 0.1) is 11.0 Å². The number of benzene rings is 11. The van der Waals surface area contributed by atoms with E-state index in [0.717, 1.165) is 77.3 Å². The maximum absolute atomic E-state index is 2.52. The van der Waals surface area contributed by atoms with Gasteiger partial charge < -0.3 is 19.3 Å². The van der Waals surface area contributed by atoms with Crippen molar-refractivity contribution in [3.05, 3.63) is 343 Å². The molecule has 0 radical (unpaired) electrons. The van der Waals surface area contributed by atoms with Crippen LogP contribution in [0.4, 0.5) is 39.8 Å². The number of rotatable bonds is 12. The van der Waals surface area contributed by atoms with Crippen LogP contribution in [-0.2, 0) is 6.42 Å². The van der Waals surface area contributed by atoms with Gasteiger partial charge in [-0.1, -0.05) is 213 Å². The fourth-order valence-corrected chi connectivity index (χ4v) is 12.6. The molecule has 0 fully saturated rings. The van der Waals surface area contributed by atoms with Crippen molar-refractivity contribution in [1.82, 2.24) is 4.57 Å². The first-order valence-electron chi connectivity index (χ1n) is 30.5. The van der Waals surface area contributed by atoms with Crippen molar-refractivity contribution in [3.63, 3.8) is 0 Å². The van der Waals surface area contributed by atoms with Gasteiger partial charge in [-0.2, -0.15) is 0 Å². The molecule has 11 aromatic carbocycles. The Hall–Kier alpha value is -10.4. The van der Waals surface area contributed by atoms with Gasteiger partial charge in [-0.25, -0.2) is 0 Å². The number of hydrogen-bond donors (Lipinski definition) is 0. The third-order valence-corrected chi connectivity index (χ3v) is 16.6. The molecule has 0 saturated heterocycles. The Kier molecular flexibility index (Phi) is 16.1. The van der Waals surface area contributed by atoms with Crippen molar-refractivity contribution in [2.45, 2.75) is 52.9 Å². The number of fused-ring (bicyclic) bond motifs is 5. The van der Waals surface area contributed by atoms with Crippen LogP contribution >= 0.6 is 0 Å². The number of anilines is 7. The highest BCUT2D eigenvalue weighted by Gasteiger charge is 2.29. The van der Waals surface area contributed by atoms with Crippen LogP contribution in [0.1, 0.15) is 56.2 Å². The second kappa shape index (κ2) is 25.2. The van der Waals surface area contributed by atoms with E-state index in [1.54, 1.807) is 0 Å². The van der Waals surface area contributed by atoms with E-state index in [4.69, 9.17) is 0 Å². The fourth-order valence-electron chi connectivity index (χ4n) is 12.6. The van der Waals surface area contributed by atoms with Crippen molar-refractivity contribution < 1.29 is 0 Å². The zero-order valence-electron chi connectivity index (χ0n) is 49.3. The molecule has 0 atom stereocenters. The second-order valence-corrected chi connectivity index (χ2v) is 22.0. The Morgan fingerprint density at radius 3 is 1.42 bits per heavy atom. The molecule has 15 rings (SSSR count). The molecule has 4 nitrogen and oxygen atoms in total. The molecule has 0 bridgehead atoms. The summed E-state index contributed by atoms with van der Waals surface area (Å²) in [5.41, 5.74) is 25.5. The van der Waals surface area contributed by atoms with E-state index in [1.807, 2.05) is 32.0 Å². The lowest BCUT2D eigenvalue weighted by molar-refractivity contribution is 0.864. The average molecular weight is 1110 g/mol. The molecular weight excluding hydrogens is 1040 g/mol. The summed E-state index contributed by atoms with van der Waals surface area (Å²) in [5, 5.41) is 2.39. The standard InChI is InChI=1S/C73H56N4.C7H8.C2H6/c1-8-22-52(23-9-1)56-45-57(53-24-10-2-11-25-53)47-67(46-56)77-72-43-41-65(50-71(72)68-42-40-66(51-73(68)77)75(60-30-16-5-17-31-60)61-32-18-6-19-33-61)76(62-34-20-7-21-35-62)64-39-37-55-44-54-36-38-63(48-69(54)70(55)49-64)74(58-26-12-3-13-27-58)59-28-14-4-15-29-59;1-7-5-3-2-4-6-7;1-2/h1-3,5-14,16-36,38,40-43,45-51H,4,15,37,39,44H2;2-6H,1H3;1-2H3. The highest BCUT2D eigenvalue weighted by atomic mass is 15.2. The monoisotopic (exact) mass is 1110 g/mol. The lowest BCUT2D eigenvalue weighted by Gasteiger charge is -2.31. The van der Waals surface area contributed by atoms with Gasteiger partial charge in [-0.3, -0.25) is 0 Å². The molecule has 0 spiro atoms. The number of aromatic nitrogens is 1. The van der Waals surface area contributed by atoms with Crippen LogP contribution in [0.25, 0.3) is 55.3 Å². The Morgan fingerprint density at radius 1 is 0.372 bits per heavy atom. The molecule has 0 saturated carbocycles. The average Bonchev–Trinajstić information content (AvgIpc) is 2.56. The van der Waals surface area contributed by atoms with Gasteiger partial charge in [0.25, 0.3) is 0 Å². The molecule has 0 unspecified atom stereocenters. The van der Waals surface area contributed by atoms with Gasteiger partial charge in [0.2, 0.25) is 0 Å². The van der Waals surface area contributed by atoms with E-state index in [2.05, 4.69) is 317 Å². The van der Waals surface area contributed by atoms with Crippen LogP contribution in [0.3, 0.4) is 0 Å². The first-order chi connectivity index (χ1) is 42.6. The zero-order valence-corrected chi connectivity index (χ0v) is 49.3. The molecule has 3 aliphatic rings. The Balaban J connectivity index is 0.000000707. The second-order valence-electron chi connectivity index (χ2n) is 22.0. The number of para-hydroxylation sites is 4. The number of hydrogen-bond acceptors (Lipinski definition) is 3. The molecule has 12 aromatic rings. The quantitative estimate of drug-likeness (QED) is 0.121. The molecule has 1 heterocycles. The molecule has 0 N–H and O–H groups in total. The van der Waals surface area contributed by atoms with Gasteiger partial charge >= 0.3 is 0 Å². The molecule has 1 aromatic heterocycles. The number of nitrogens with zero attached hydrogens (tertiary/aromatic N) is 4. The first-order valence-corrected chi connectivity index (χ1v) is 30.5. The molecule has 0 amide bonds. The smallest absolute Gasteiger partial charge is 0.0561 e. The Labute approximate surface area is 507 Å².